The van der Waals surface area contributed by atoms with Crippen LogP contribution < -0.4 is 0 Å². The fourth-order valence-corrected chi connectivity index (χ4v) is 8.61. The number of fused-ring (bicyclic) bond motifs is 14. The molecular weight excluding hydrogens is 611 g/mol. The van der Waals surface area contributed by atoms with Gasteiger partial charge in [0, 0.05) is 27.5 Å². The molecule has 1 unspecified atom stereocenters. The van der Waals surface area contributed by atoms with Crippen LogP contribution >= 0.6 is 0 Å². The molecule has 0 amide bonds. The van der Waals surface area contributed by atoms with Crippen molar-refractivity contribution < 1.29 is 4.42 Å². The maximum Gasteiger partial charge on any atom is 0.164 e. The van der Waals surface area contributed by atoms with E-state index in [1.54, 1.807) is 0 Å². The van der Waals surface area contributed by atoms with Crippen LogP contribution in [0.4, 0.5) is 0 Å². The van der Waals surface area contributed by atoms with Gasteiger partial charge in [0.15, 0.2) is 17.5 Å². The van der Waals surface area contributed by atoms with Crippen molar-refractivity contribution in [1.82, 2.24) is 15.0 Å². The summed E-state index contributed by atoms with van der Waals surface area (Å²) in [5, 5.41) is 2.30. The van der Waals surface area contributed by atoms with Gasteiger partial charge in [0.05, 0.1) is 5.41 Å². The molecule has 0 bridgehead atoms. The highest BCUT2D eigenvalue weighted by Crippen LogP contribution is 2.65. The van der Waals surface area contributed by atoms with Crippen LogP contribution in [0.1, 0.15) is 22.3 Å². The van der Waals surface area contributed by atoms with Gasteiger partial charge >= 0.3 is 0 Å². The molecule has 2 heterocycles. The fourth-order valence-electron chi connectivity index (χ4n) is 8.61. The Morgan fingerprint density at radius 1 is 0.380 bits per heavy atom. The SMILES string of the molecule is c1ccc(-c2nc(-c3ccccc3)nc(-c3cccc4c3-c3ccccc3C43c4ccccc4-c4ccc5oc6ccccc6c5c43)n2)cc1. The highest BCUT2D eigenvalue weighted by atomic mass is 16.3. The van der Waals surface area contributed by atoms with Crippen molar-refractivity contribution >= 4 is 21.9 Å². The summed E-state index contributed by atoms with van der Waals surface area (Å²) in [5.41, 5.74) is 14.0. The maximum atomic E-state index is 6.53. The molecule has 11 rings (SSSR count). The van der Waals surface area contributed by atoms with Crippen LogP contribution in [0.15, 0.2) is 168 Å². The van der Waals surface area contributed by atoms with Crippen molar-refractivity contribution in [1.29, 1.82) is 0 Å². The number of hydrogen-bond donors (Lipinski definition) is 0. The van der Waals surface area contributed by atoms with Gasteiger partial charge in [0.25, 0.3) is 0 Å². The van der Waals surface area contributed by atoms with Crippen LogP contribution in [0.2, 0.25) is 0 Å². The highest BCUT2D eigenvalue weighted by molar-refractivity contribution is 6.13. The van der Waals surface area contributed by atoms with Gasteiger partial charge in [0.2, 0.25) is 0 Å². The third kappa shape index (κ3) is 3.57. The predicted molar refractivity (Wildman–Crippen MR) is 200 cm³/mol. The molecule has 0 radical (unpaired) electrons. The van der Waals surface area contributed by atoms with Crippen molar-refractivity contribution in [2.45, 2.75) is 5.41 Å². The largest absolute Gasteiger partial charge is 0.456 e. The first-order valence-corrected chi connectivity index (χ1v) is 17.0. The molecular formula is C46H27N3O. The Morgan fingerprint density at radius 3 is 1.68 bits per heavy atom. The van der Waals surface area contributed by atoms with Crippen molar-refractivity contribution in [3.05, 3.63) is 186 Å². The first kappa shape index (κ1) is 27.3. The maximum absolute atomic E-state index is 6.53. The molecule has 0 saturated heterocycles. The van der Waals surface area contributed by atoms with E-state index in [9.17, 15) is 0 Å². The lowest BCUT2D eigenvalue weighted by atomic mass is 9.69. The molecule has 1 spiro atoms. The van der Waals surface area contributed by atoms with Gasteiger partial charge in [0.1, 0.15) is 11.2 Å². The summed E-state index contributed by atoms with van der Waals surface area (Å²) in [6, 6.07) is 57.6. The number of furan rings is 1. The lowest BCUT2D eigenvalue weighted by Crippen LogP contribution is -2.26. The summed E-state index contributed by atoms with van der Waals surface area (Å²) in [6.07, 6.45) is 0. The molecule has 4 nitrogen and oxygen atoms in total. The van der Waals surface area contributed by atoms with E-state index in [-0.39, 0.29) is 0 Å². The minimum atomic E-state index is -0.572. The predicted octanol–water partition coefficient (Wildman–Crippen LogP) is 11.1. The van der Waals surface area contributed by atoms with Gasteiger partial charge in [-0.1, -0.05) is 152 Å². The zero-order valence-electron chi connectivity index (χ0n) is 26.8. The highest BCUT2D eigenvalue weighted by Gasteiger charge is 2.53. The summed E-state index contributed by atoms with van der Waals surface area (Å²) in [7, 11) is 0. The third-order valence-electron chi connectivity index (χ3n) is 10.5. The molecule has 50 heavy (non-hydrogen) atoms. The Bertz CT molecular complexity index is 2760. The van der Waals surface area contributed by atoms with E-state index in [0.717, 1.165) is 38.8 Å². The monoisotopic (exact) mass is 637 g/mol. The zero-order chi connectivity index (χ0) is 32.8. The van der Waals surface area contributed by atoms with Crippen LogP contribution in [-0.4, -0.2) is 15.0 Å². The summed E-state index contributed by atoms with van der Waals surface area (Å²) < 4.78 is 6.53. The van der Waals surface area contributed by atoms with Crippen molar-refractivity contribution in [2.75, 3.05) is 0 Å². The van der Waals surface area contributed by atoms with Gasteiger partial charge in [-0.25, -0.2) is 15.0 Å². The van der Waals surface area contributed by atoms with E-state index >= 15 is 0 Å². The molecule has 0 fully saturated rings. The Labute approximate surface area is 288 Å². The van der Waals surface area contributed by atoms with E-state index in [4.69, 9.17) is 19.4 Å². The van der Waals surface area contributed by atoms with Crippen molar-refractivity contribution in [3.63, 3.8) is 0 Å². The summed E-state index contributed by atoms with van der Waals surface area (Å²) in [4.78, 5) is 15.4. The first-order chi connectivity index (χ1) is 24.8. The van der Waals surface area contributed by atoms with Crippen LogP contribution in [0.25, 0.3) is 78.4 Å². The van der Waals surface area contributed by atoms with Crippen LogP contribution in [0.5, 0.6) is 0 Å². The zero-order valence-corrected chi connectivity index (χ0v) is 26.8. The Hall–Kier alpha value is -6.65. The molecule has 0 N–H and O–H groups in total. The standard InChI is InChI=1S/C46H27N3O/c1-3-14-28(15-4-1)43-47-44(29-16-5-2-6-17-29)49-45(48-43)34-21-13-24-37-40(34)32-19-8-11-23-36(32)46(37)35-22-10-7-18-30(35)31-26-27-39-41(42(31)46)33-20-9-12-25-38(33)50-39/h1-27H. The Balaban J connectivity index is 1.27. The second kappa shape index (κ2) is 10.2. The Kier molecular flexibility index (Phi) is 5.56. The van der Waals surface area contributed by atoms with Crippen LogP contribution in [0.3, 0.4) is 0 Å². The second-order valence-corrected chi connectivity index (χ2v) is 13.1. The lowest BCUT2D eigenvalue weighted by Gasteiger charge is -2.31. The first-order valence-electron chi connectivity index (χ1n) is 17.0. The molecule has 7 aromatic carbocycles. The average Bonchev–Trinajstić information content (AvgIpc) is 3.82. The van der Waals surface area contributed by atoms with Crippen molar-refractivity contribution in [2.24, 2.45) is 0 Å². The summed E-state index contributed by atoms with van der Waals surface area (Å²) in [6.45, 7) is 0. The van der Waals surface area contributed by atoms with Gasteiger partial charge in [-0.2, -0.15) is 0 Å². The molecule has 232 valence electrons. The molecule has 2 aliphatic rings. The van der Waals surface area contributed by atoms with E-state index in [1.807, 2.05) is 42.5 Å². The van der Waals surface area contributed by atoms with Gasteiger partial charge in [-0.05, 0) is 56.6 Å². The molecule has 4 heteroatoms. The number of nitrogens with zero attached hydrogens (tertiary/aromatic N) is 3. The second-order valence-electron chi connectivity index (χ2n) is 13.1. The summed E-state index contributed by atoms with van der Waals surface area (Å²) in [5.74, 6) is 1.95. The van der Waals surface area contributed by atoms with Crippen molar-refractivity contribution in [3.8, 4) is 56.4 Å². The van der Waals surface area contributed by atoms with E-state index < -0.39 is 5.41 Å². The average molecular weight is 638 g/mol. The Morgan fingerprint density at radius 2 is 0.940 bits per heavy atom. The molecule has 2 aliphatic carbocycles. The summed E-state index contributed by atoms with van der Waals surface area (Å²) >= 11 is 0. The normalized spacial score (nSPS) is 15.3. The number of rotatable bonds is 3. The quantitative estimate of drug-likeness (QED) is 0.193. The van der Waals surface area contributed by atoms with Gasteiger partial charge < -0.3 is 4.42 Å². The van der Waals surface area contributed by atoms with Gasteiger partial charge in [-0.3, -0.25) is 0 Å². The van der Waals surface area contributed by atoms with Gasteiger partial charge in [-0.15, -0.1) is 0 Å². The molecule has 0 saturated carbocycles. The third-order valence-corrected chi connectivity index (χ3v) is 10.5. The fraction of sp³-hybridized carbons (Fsp3) is 0.0217. The molecule has 1 atom stereocenters. The number of para-hydroxylation sites is 1. The number of benzene rings is 7. The lowest BCUT2D eigenvalue weighted by molar-refractivity contribution is 0.668. The number of aromatic nitrogens is 3. The minimum Gasteiger partial charge on any atom is -0.456 e. The van der Waals surface area contributed by atoms with E-state index in [2.05, 4.69) is 121 Å². The molecule has 0 aliphatic heterocycles. The molecule has 9 aromatic rings. The van der Waals surface area contributed by atoms with E-state index in [0.29, 0.717) is 17.5 Å². The topological polar surface area (TPSA) is 51.8 Å². The van der Waals surface area contributed by atoms with Crippen LogP contribution in [0, 0.1) is 0 Å². The number of hydrogen-bond acceptors (Lipinski definition) is 4. The minimum absolute atomic E-state index is 0.572. The smallest absolute Gasteiger partial charge is 0.164 e. The van der Waals surface area contributed by atoms with E-state index in [1.165, 1.54) is 44.3 Å². The van der Waals surface area contributed by atoms with Crippen LogP contribution in [-0.2, 0) is 5.41 Å². The molecule has 2 aromatic heterocycles.